The highest BCUT2D eigenvalue weighted by Gasteiger charge is 2.06. The van der Waals surface area contributed by atoms with Gasteiger partial charge in [0.25, 0.3) is 0 Å². The molecule has 0 aromatic carbocycles. The molecule has 2 aromatic rings. The summed E-state index contributed by atoms with van der Waals surface area (Å²) in [6.45, 7) is 3.89. The van der Waals surface area contributed by atoms with E-state index < -0.39 is 0 Å². The monoisotopic (exact) mass is 293 g/mol. The molecule has 2 aromatic heterocycles. The van der Waals surface area contributed by atoms with Crippen LogP contribution in [0.4, 0.5) is 0 Å². The van der Waals surface area contributed by atoms with Gasteiger partial charge in [0.05, 0.1) is 10.6 Å². The Hall–Kier alpha value is -1.40. The van der Waals surface area contributed by atoms with Gasteiger partial charge in [-0.05, 0) is 37.4 Å². The van der Waals surface area contributed by atoms with Crippen molar-refractivity contribution in [1.82, 2.24) is 15.5 Å². The van der Waals surface area contributed by atoms with Crippen molar-refractivity contribution < 1.29 is 4.79 Å². The SMILES string of the molecule is CC(C)NC(=O)CSc1ccc(-c2cccs2)nn1. The van der Waals surface area contributed by atoms with E-state index in [1.54, 1.807) is 11.3 Å². The second-order valence-electron chi connectivity index (χ2n) is 4.25. The van der Waals surface area contributed by atoms with Gasteiger partial charge < -0.3 is 5.32 Å². The molecule has 0 aliphatic heterocycles. The molecule has 2 rings (SSSR count). The van der Waals surface area contributed by atoms with Crippen LogP contribution in [0, 0.1) is 0 Å². The third kappa shape index (κ3) is 4.33. The van der Waals surface area contributed by atoms with Gasteiger partial charge in [-0.15, -0.1) is 21.5 Å². The van der Waals surface area contributed by atoms with Crippen molar-refractivity contribution in [3.8, 4) is 10.6 Å². The Morgan fingerprint density at radius 2 is 2.21 bits per heavy atom. The van der Waals surface area contributed by atoms with Gasteiger partial charge in [0.15, 0.2) is 0 Å². The highest BCUT2D eigenvalue weighted by Crippen LogP contribution is 2.23. The lowest BCUT2D eigenvalue weighted by atomic mass is 10.3. The van der Waals surface area contributed by atoms with Crippen LogP contribution in [-0.2, 0) is 4.79 Å². The smallest absolute Gasteiger partial charge is 0.230 e. The predicted octanol–water partition coefficient (Wildman–Crippen LogP) is 2.82. The Morgan fingerprint density at radius 3 is 2.79 bits per heavy atom. The standard InChI is InChI=1S/C13H15N3OS2/c1-9(2)14-12(17)8-19-13-6-5-10(15-16-13)11-4-3-7-18-11/h3-7,9H,8H2,1-2H3,(H,14,17). The number of thioether (sulfide) groups is 1. The molecule has 0 aliphatic carbocycles. The zero-order chi connectivity index (χ0) is 13.7. The van der Waals surface area contributed by atoms with Crippen molar-refractivity contribution in [2.75, 3.05) is 5.75 Å². The minimum Gasteiger partial charge on any atom is -0.353 e. The Labute approximate surface area is 120 Å². The molecule has 0 spiro atoms. The van der Waals surface area contributed by atoms with E-state index in [4.69, 9.17) is 0 Å². The van der Waals surface area contributed by atoms with Crippen LogP contribution in [0.5, 0.6) is 0 Å². The fourth-order valence-corrected chi connectivity index (χ4v) is 2.77. The molecule has 0 aliphatic rings. The number of amides is 1. The molecule has 0 radical (unpaired) electrons. The number of carbonyl (C=O) groups excluding carboxylic acids is 1. The molecule has 19 heavy (non-hydrogen) atoms. The van der Waals surface area contributed by atoms with Crippen molar-refractivity contribution in [3.05, 3.63) is 29.6 Å². The largest absolute Gasteiger partial charge is 0.353 e. The van der Waals surface area contributed by atoms with Crippen LogP contribution in [0.1, 0.15) is 13.8 Å². The Balaban J connectivity index is 1.91. The second-order valence-corrected chi connectivity index (χ2v) is 6.19. The van der Waals surface area contributed by atoms with Crippen LogP contribution in [0.2, 0.25) is 0 Å². The zero-order valence-corrected chi connectivity index (χ0v) is 12.4. The van der Waals surface area contributed by atoms with Crippen LogP contribution < -0.4 is 5.32 Å². The molecule has 0 bridgehead atoms. The van der Waals surface area contributed by atoms with Gasteiger partial charge in [0.2, 0.25) is 5.91 Å². The number of nitrogens with one attached hydrogen (secondary N) is 1. The molecule has 0 atom stereocenters. The number of thiophene rings is 1. The number of hydrogen-bond acceptors (Lipinski definition) is 5. The third-order valence-electron chi connectivity index (χ3n) is 2.21. The second kappa shape index (κ2) is 6.68. The first kappa shape index (κ1) is 14.0. The molecule has 6 heteroatoms. The fourth-order valence-electron chi connectivity index (χ4n) is 1.46. The van der Waals surface area contributed by atoms with Gasteiger partial charge in [-0.1, -0.05) is 17.8 Å². The molecular weight excluding hydrogens is 278 g/mol. The molecule has 0 fully saturated rings. The molecule has 0 saturated heterocycles. The Bertz CT molecular complexity index is 523. The van der Waals surface area contributed by atoms with Crippen molar-refractivity contribution >= 4 is 29.0 Å². The van der Waals surface area contributed by atoms with Crippen LogP contribution in [0.15, 0.2) is 34.7 Å². The van der Waals surface area contributed by atoms with E-state index in [1.165, 1.54) is 11.8 Å². The van der Waals surface area contributed by atoms with E-state index in [1.807, 2.05) is 43.5 Å². The predicted molar refractivity (Wildman–Crippen MR) is 79.3 cm³/mol. The van der Waals surface area contributed by atoms with Crippen LogP contribution >= 0.6 is 23.1 Å². The van der Waals surface area contributed by atoms with Crippen molar-refractivity contribution in [1.29, 1.82) is 0 Å². The van der Waals surface area contributed by atoms with E-state index in [2.05, 4.69) is 15.5 Å². The first-order chi connectivity index (χ1) is 9.15. The summed E-state index contributed by atoms with van der Waals surface area (Å²) in [4.78, 5) is 12.6. The Morgan fingerprint density at radius 1 is 1.37 bits per heavy atom. The van der Waals surface area contributed by atoms with Crippen LogP contribution in [0.3, 0.4) is 0 Å². The lowest BCUT2D eigenvalue weighted by Crippen LogP contribution is -2.31. The lowest BCUT2D eigenvalue weighted by molar-refractivity contribution is -0.119. The molecule has 4 nitrogen and oxygen atoms in total. The van der Waals surface area contributed by atoms with Crippen LogP contribution in [0.25, 0.3) is 10.6 Å². The summed E-state index contributed by atoms with van der Waals surface area (Å²) in [6, 6.07) is 8.00. The van der Waals surface area contributed by atoms with Gasteiger partial charge in [0.1, 0.15) is 10.7 Å². The molecular formula is C13H15N3OS2. The maximum absolute atomic E-state index is 11.5. The number of rotatable bonds is 5. The first-order valence-electron chi connectivity index (χ1n) is 5.95. The third-order valence-corrected chi connectivity index (χ3v) is 4.03. The summed E-state index contributed by atoms with van der Waals surface area (Å²) < 4.78 is 0. The summed E-state index contributed by atoms with van der Waals surface area (Å²) in [6.07, 6.45) is 0. The number of nitrogens with zero attached hydrogens (tertiary/aromatic N) is 2. The summed E-state index contributed by atoms with van der Waals surface area (Å²) in [5.41, 5.74) is 0.867. The van der Waals surface area contributed by atoms with Crippen LogP contribution in [-0.4, -0.2) is 27.9 Å². The average molecular weight is 293 g/mol. The minimum absolute atomic E-state index is 0.0177. The van der Waals surface area contributed by atoms with Gasteiger partial charge in [-0.25, -0.2) is 0 Å². The maximum atomic E-state index is 11.5. The van der Waals surface area contributed by atoms with Crippen molar-refractivity contribution in [3.63, 3.8) is 0 Å². The van der Waals surface area contributed by atoms with Gasteiger partial charge >= 0.3 is 0 Å². The first-order valence-corrected chi connectivity index (χ1v) is 7.81. The maximum Gasteiger partial charge on any atom is 0.230 e. The molecule has 0 unspecified atom stereocenters. The number of carbonyl (C=O) groups is 1. The van der Waals surface area contributed by atoms with Crippen molar-refractivity contribution in [2.45, 2.75) is 24.9 Å². The quantitative estimate of drug-likeness (QED) is 0.861. The number of aromatic nitrogens is 2. The summed E-state index contributed by atoms with van der Waals surface area (Å²) in [5.74, 6) is 0.384. The van der Waals surface area contributed by atoms with Crippen molar-refractivity contribution in [2.24, 2.45) is 0 Å². The summed E-state index contributed by atoms with van der Waals surface area (Å²) >= 11 is 3.03. The number of hydrogen-bond donors (Lipinski definition) is 1. The lowest BCUT2D eigenvalue weighted by Gasteiger charge is -2.07. The average Bonchev–Trinajstić information content (AvgIpc) is 2.90. The molecule has 0 saturated carbocycles. The normalized spacial score (nSPS) is 10.7. The zero-order valence-electron chi connectivity index (χ0n) is 10.8. The molecule has 100 valence electrons. The highest BCUT2D eigenvalue weighted by molar-refractivity contribution is 7.99. The van der Waals surface area contributed by atoms with Gasteiger partial charge in [0, 0.05) is 6.04 Å². The van der Waals surface area contributed by atoms with E-state index in [9.17, 15) is 4.79 Å². The minimum atomic E-state index is 0.0177. The fraction of sp³-hybridized carbons (Fsp3) is 0.308. The summed E-state index contributed by atoms with van der Waals surface area (Å²) in [7, 11) is 0. The molecule has 1 amide bonds. The highest BCUT2D eigenvalue weighted by atomic mass is 32.2. The van der Waals surface area contributed by atoms with E-state index >= 15 is 0 Å². The molecule has 1 N–H and O–H groups in total. The summed E-state index contributed by atoms with van der Waals surface area (Å²) in [5, 5.41) is 13.9. The van der Waals surface area contributed by atoms with E-state index in [-0.39, 0.29) is 11.9 Å². The van der Waals surface area contributed by atoms with E-state index in [0.717, 1.165) is 15.6 Å². The van der Waals surface area contributed by atoms with Gasteiger partial charge in [-0.3, -0.25) is 4.79 Å². The topological polar surface area (TPSA) is 54.9 Å². The Kier molecular flexibility index (Phi) is 4.93. The van der Waals surface area contributed by atoms with E-state index in [0.29, 0.717) is 5.75 Å². The van der Waals surface area contributed by atoms with Gasteiger partial charge in [-0.2, -0.15) is 0 Å². The molecule has 2 heterocycles.